The van der Waals surface area contributed by atoms with Gasteiger partial charge in [0.2, 0.25) is 5.91 Å². The number of aryl methyl sites for hydroxylation is 1. The molecule has 1 fully saturated rings. The Morgan fingerprint density at radius 2 is 1.94 bits per heavy atom. The molecule has 1 aliphatic heterocycles. The van der Waals surface area contributed by atoms with E-state index in [4.69, 9.17) is 4.98 Å². The lowest BCUT2D eigenvalue weighted by Crippen LogP contribution is -2.48. The van der Waals surface area contributed by atoms with Crippen LogP contribution in [0.25, 0.3) is 10.9 Å². The zero-order chi connectivity index (χ0) is 22.8. The fourth-order valence-electron chi connectivity index (χ4n) is 5.14. The molecular weight excluding hydrogens is 428 g/mol. The van der Waals surface area contributed by atoms with E-state index in [2.05, 4.69) is 65.0 Å². The third kappa shape index (κ3) is 4.73. The van der Waals surface area contributed by atoms with E-state index < -0.39 is 0 Å². The van der Waals surface area contributed by atoms with Gasteiger partial charge >= 0.3 is 0 Å². The molecule has 1 N–H and O–H groups in total. The highest BCUT2D eigenvalue weighted by molar-refractivity contribution is 7.98. The van der Waals surface area contributed by atoms with Gasteiger partial charge in [0.15, 0.2) is 0 Å². The first-order valence-corrected chi connectivity index (χ1v) is 13.1. The molecule has 1 atom stereocenters. The maximum absolute atomic E-state index is 11.8. The number of piperazine rings is 1. The van der Waals surface area contributed by atoms with Gasteiger partial charge in [-0.2, -0.15) is 0 Å². The largest absolute Gasteiger partial charge is 0.353 e. The lowest BCUT2D eigenvalue weighted by atomic mass is 9.87. The van der Waals surface area contributed by atoms with Gasteiger partial charge in [-0.25, -0.2) is 4.98 Å². The van der Waals surface area contributed by atoms with Gasteiger partial charge in [-0.05, 0) is 54.8 Å². The van der Waals surface area contributed by atoms with Crippen LogP contribution in [0.4, 0.5) is 5.82 Å². The molecule has 5 nitrogen and oxygen atoms in total. The molecule has 5 rings (SSSR count). The molecule has 172 valence electrons. The molecule has 6 heteroatoms. The molecule has 2 heterocycles. The van der Waals surface area contributed by atoms with Crippen molar-refractivity contribution in [1.82, 2.24) is 15.2 Å². The fraction of sp³-hybridized carbons (Fsp3) is 0.407. The normalized spacial score (nSPS) is 18.4. The highest BCUT2D eigenvalue weighted by atomic mass is 32.2. The van der Waals surface area contributed by atoms with Crippen LogP contribution in [0.2, 0.25) is 0 Å². The number of hydrogen-bond acceptors (Lipinski definition) is 5. The molecule has 2 aromatic carbocycles. The summed E-state index contributed by atoms with van der Waals surface area (Å²) < 4.78 is 0. The predicted octanol–water partition coefficient (Wildman–Crippen LogP) is 4.79. The Kier molecular flexibility index (Phi) is 6.56. The van der Waals surface area contributed by atoms with Crippen LogP contribution in [0, 0.1) is 0 Å². The molecule has 1 unspecified atom stereocenters. The first-order valence-electron chi connectivity index (χ1n) is 11.9. The highest BCUT2D eigenvalue weighted by Crippen LogP contribution is 2.32. The average molecular weight is 461 g/mol. The maximum atomic E-state index is 11.8. The number of fused-ring (bicyclic) bond motifs is 2. The van der Waals surface area contributed by atoms with Gasteiger partial charge in [-0.1, -0.05) is 30.3 Å². The summed E-state index contributed by atoms with van der Waals surface area (Å²) in [5, 5.41) is 5.03. The zero-order valence-electron chi connectivity index (χ0n) is 19.5. The summed E-state index contributed by atoms with van der Waals surface area (Å²) in [5.74, 6) is 1.21. The lowest BCUT2D eigenvalue weighted by molar-refractivity contribution is -0.129. The number of nitrogens with one attached hydrogen (secondary N) is 1. The summed E-state index contributed by atoms with van der Waals surface area (Å²) in [6.07, 6.45) is 5.67. The first-order chi connectivity index (χ1) is 16.1. The van der Waals surface area contributed by atoms with Gasteiger partial charge in [-0.15, -0.1) is 11.8 Å². The molecule has 1 aliphatic carbocycles. The number of amides is 1. The van der Waals surface area contributed by atoms with Crippen molar-refractivity contribution < 1.29 is 4.79 Å². The minimum Gasteiger partial charge on any atom is -0.353 e. The number of thioether (sulfide) groups is 1. The van der Waals surface area contributed by atoms with Crippen LogP contribution < -0.4 is 10.2 Å². The Bertz CT molecular complexity index is 1160. The molecule has 0 saturated carbocycles. The predicted molar refractivity (Wildman–Crippen MR) is 137 cm³/mol. The first kappa shape index (κ1) is 22.2. The maximum Gasteiger partial charge on any atom is 0.219 e. The Balaban J connectivity index is 1.44. The Morgan fingerprint density at radius 3 is 2.73 bits per heavy atom. The second kappa shape index (κ2) is 9.74. The van der Waals surface area contributed by atoms with E-state index in [0.717, 1.165) is 44.1 Å². The molecule has 2 aliphatic rings. The smallest absolute Gasteiger partial charge is 0.219 e. The van der Waals surface area contributed by atoms with Gasteiger partial charge in [0.1, 0.15) is 5.82 Å². The fourth-order valence-corrected chi connectivity index (χ4v) is 5.58. The molecule has 1 amide bonds. The van der Waals surface area contributed by atoms with Crippen molar-refractivity contribution in [3.8, 4) is 0 Å². The van der Waals surface area contributed by atoms with E-state index in [1.54, 1.807) is 18.7 Å². The number of anilines is 1. The number of carbonyl (C=O) groups is 1. The highest BCUT2D eigenvalue weighted by Gasteiger charge is 2.24. The Morgan fingerprint density at radius 1 is 1.12 bits per heavy atom. The van der Waals surface area contributed by atoms with Crippen LogP contribution in [0.3, 0.4) is 0 Å². The topological polar surface area (TPSA) is 48.5 Å². The quantitative estimate of drug-likeness (QED) is 0.555. The van der Waals surface area contributed by atoms with Gasteiger partial charge in [0.25, 0.3) is 0 Å². The van der Waals surface area contributed by atoms with E-state index in [1.807, 2.05) is 4.90 Å². The van der Waals surface area contributed by atoms with Gasteiger partial charge in [0, 0.05) is 61.5 Å². The van der Waals surface area contributed by atoms with E-state index in [-0.39, 0.29) is 5.91 Å². The second-order valence-electron chi connectivity index (χ2n) is 9.05. The van der Waals surface area contributed by atoms with Crippen molar-refractivity contribution in [2.45, 2.75) is 43.7 Å². The third-order valence-corrected chi connectivity index (χ3v) is 7.74. The third-order valence-electron chi connectivity index (χ3n) is 7.01. The van der Waals surface area contributed by atoms with Crippen molar-refractivity contribution in [3.05, 3.63) is 65.2 Å². The number of aromatic nitrogens is 1. The number of carbonyl (C=O) groups excluding carboxylic acids is 1. The average Bonchev–Trinajstić information content (AvgIpc) is 2.86. The summed E-state index contributed by atoms with van der Waals surface area (Å²) in [5.41, 5.74) is 5.19. The van der Waals surface area contributed by atoms with Crippen LogP contribution >= 0.6 is 11.8 Å². The summed E-state index contributed by atoms with van der Waals surface area (Å²) in [6.45, 7) is 5.59. The summed E-state index contributed by atoms with van der Waals surface area (Å²) in [4.78, 5) is 22.5. The van der Waals surface area contributed by atoms with Crippen LogP contribution in [-0.4, -0.2) is 48.2 Å². The molecule has 3 aromatic rings. The molecule has 1 aromatic heterocycles. The van der Waals surface area contributed by atoms with Gasteiger partial charge < -0.3 is 15.1 Å². The van der Waals surface area contributed by atoms with Crippen molar-refractivity contribution in [2.24, 2.45) is 0 Å². The van der Waals surface area contributed by atoms with Crippen LogP contribution in [-0.2, 0) is 17.8 Å². The minimum absolute atomic E-state index is 0.156. The van der Waals surface area contributed by atoms with Crippen LogP contribution in [0.15, 0.2) is 53.4 Å². The number of pyridine rings is 1. The Hall–Kier alpha value is -2.57. The van der Waals surface area contributed by atoms with Gasteiger partial charge in [-0.3, -0.25) is 4.79 Å². The van der Waals surface area contributed by atoms with Crippen LogP contribution in [0.5, 0.6) is 0 Å². The molecular formula is C27H32N4OS. The summed E-state index contributed by atoms with van der Waals surface area (Å²) >= 11 is 1.75. The molecule has 0 spiro atoms. The number of benzene rings is 2. The van der Waals surface area contributed by atoms with Gasteiger partial charge in [0.05, 0.1) is 5.52 Å². The minimum atomic E-state index is 0.156. The number of rotatable bonds is 5. The number of nitrogens with zero attached hydrogens (tertiary/aromatic N) is 3. The van der Waals surface area contributed by atoms with E-state index in [9.17, 15) is 4.79 Å². The molecule has 1 saturated heterocycles. The monoisotopic (exact) mass is 460 g/mol. The van der Waals surface area contributed by atoms with Crippen molar-refractivity contribution in [1.29, 1.82) is 0 Å². The SMILES string of the molecule is CSc1ccc2cc(CNC3CCCc4ccccc43)c(N3CCN(C(C)=O)CC3)nc2c1. The van der Waals surface area contributed by atoms with Crippen LogP contribution in [0.1, 0.15) is 42.5 Å². The standard InChI is InChI=1S/C27H32N4OS/c1-19(32)30-12-14-31(15-13-30)27-22(16-21-10-11-23(33-2)17-26(21)29-27)18-28-25-9-5-7-20-6-3-4-8-24(20)25/h3-4,6,8,10-11,16-17,25,28H,5,7,9,12-15,18H2,1-2H3. The number of hydrogen-bond donors (Lipinski definition) is 1. The summed E-state index contributed by atoms with van der Waals surface area (Å²) in [6, 6.07) is 18.1. The lowest BCUT2D eigenvalue weighted by Gasteiger charge is -2.36. The Labute approximate surface area is 200 Å². The molecule has 0 bridgehead atoms. The van der Waals surface area contributed by atoms with Crippen molar-refractivity contribution >= 4 is 34.4 Å². The summed E-state index contributed by atoms with van der Waals surface area (Å²) in [7, 11) is 0. The second-order valence-corrected chi connectivity index (χ2v) is 9.93. The molecule has 33 heavy (non-hydrogen) atoms. The zero-order valence-corrected chi connectivity index (χ0v) is 20.3. The van der Waals surface area contributed by atoms with Crippen molar-refractivity contribution in [2.75, 3.05) is 37.3 Å². The van der Waals surface area contributed by atoms with E-state index >= 15 is 0 Å². The molecule has 0 radical (unpaired) electrons. The van der Waals surface area contributed by atoms with E-state index in [1.165, 1.54) is 46.2 Å². The van der Waals surface area contributed by atoms with Crippen molar-refractivity contribution in [3.63, 3.8) is 0 Å². The van der Waals surface area contributed by atoms with E-state index in [0.29, 0.717) is 6.04 Å².